The van der Waals surface area contributed by atoms with Crippen molar-refractivity contribution in [2.75, 3.05) is 13.7 Å². The number of rotatable bonds is 5. The molecule has 0 aliphatic carbocycles. The number of hydrogen-bond acceptors (Lipinski definition) is 2. The van der Waals surface area contributed by atoms with Crippen LogP contribution in [-0.2, 0) is 11.3 Å². The molecule has 0 aliphatic rings. The summed E-state index contributed by atoms with van der Waals surface area (Å²) in [6.45, 7) is 0.446. The number of benzene rings is 1. The average Bonchev–Trinajstić information content (AvgIpc) is 2.31. The van der Waals surface area contributed by atoms with Crippen molar-refractivity contribution in [3.05, 3.63) is 33.8 Å². The summed E-state index contributed by atoms with van der Waals surface area (Å²) in [5.41, 5.74) is 0.819. The summed E-state index contributed by atoms with van der Waals surface area (Å²) in [7, 11) is 1.71. The minimum absolute atomic E-state index is 0.0184. The lowest BCUT2D eigenvalue weighted by Crippen LogP contribution is -2.26. The maximum atomic E-state index is 11.6. The highest BCUT2D eigenvalue weighted by Gasteiger charge is 2.11. The predicted octanol–water partition coefficient (Wildman–Crippen LogP) is 2.72. The Morgan fingerprint density at radius 2 is 2.12 bits per heavy atom. The van der Waals surface area contributed by atoms with E-state index in [0.29, 0.717) is 29.4 Å². The Kier molecular flexibility index (Phi) is 5.75. The van der Waals surface area contributed by atoms with Crippen molar-refractivity contribution in [1.29, 1.82) is 0 Å². The van der Waals surface area contributed by atoms with Gasteiger partial charge in [0.05, 0.1) is 10.0 Å². The average molecular weight is 276 g/mol. The summed E-state index contributed by atoms with van der Waals surface area (Å²) < 4.78 is 0. The van der Waals surface area contributed by atoms with Crippen molar-refractivity contribution < 1.29 is 9.90 Å². The third kappa shape index (κ3) is 4.19. The van der Waals surface area contributed by atoms with Crippen molar-refractivity contribution in [1.82, 2.24) is 4.90 Å². The largest absolute Gasteiger partial charge is 0.396 e. The van der Waals surface area contributed by atoms with Gasteiger partial charge in [-0.15, -0.1) is 0 Å². The van der Waals surface area contributed by atoms with Gasteiger partial charge in [-0.05, 0) is 18.1 Å². The smallest absolute Gasteiger partial charge is 0.222 e. The van der Waals surface area contributed by atoms with Gasteiger partial charge in [-0.25, -0.2) is 0 Å². The molecule has 5 heteroatoms. The van der Waals surface area contributed by atoms with Crippen molar-refractivity contribution in [2.45, 2.75) is 19.4 Å². The number of carbonyl (C=O) groups excluding carboxylic acids is 1. The first-order valence-electron chi connectivity index (χ1n) is 5.34. The molecule has 0 saturated heterocycles. The number of aliphatic hydroxyl groups excluding tert-OH is 1. The van der Waals surface area contributed by atoms with Crippen LogP contribution in [0.1, 0.15) is 18.4 Å². The van der Waals surface area contributed by atoms with Crippen LogP contribution in [0.2, 0.25) is 10.0 Å². The lowest BCUT2D eigenvalue weighted by molar-refractivity contribution is -0.130. The van der Waals surface area contributed by atoms with Gasteiger partial charge >= 0.3 is 0 Å². The van der Waals surface area contributed by atoms with Crippen LogP contribution in [0.15, 0.2) is 18.2 Å². The maximum absolute atomic E-state index is 11.6. The molecule has 0 radical (unpaired) electrons. The normalized spacial score (nSPS) is 10.4. The third-order valence-electron chi connectivity index (χ3n) is 2.41. The van der Waals surface area contributed by atoms with Crippen LogP contribution < -0.4 is 0 Å². The summed E-state index contributed by atoms with van der Waals surface area (Å²) >= 11 is 11.9. The van der Waals surface area contributed by atoms with Gasteiger partial charge in [0.2, 0.25) is 5.91 Å². The van der Waals surface area contributed by atoms with Crippen LogP contribution in [0.25, 0.3) is 0 Å². The standard InChI is InChI=1S/C12H15Cl2NO2/c1-15(11(17)6-3-7-16)8-9-4-2-5-10(13)12(9)14/h2,4-5,16H,3,6-8H2,1H3. The van der Waals surface area contributed by atoms with Crippen LogP contribution in [0, 0.1) is 0 Å². The lowest BCUT2D eigenvalue weighted by Gasteiger charge is -2.18. The summed E-state index contributed by atoms with van der Waals surface area (Å²) in [6, 6.07) is 5.35. The Balaban J connectivity index is 2.64. The second-order valence-corrected chi connectivity index (χ2v) is 4.58. The molecule has 0 aromatic heterocycles. The molecule has 0 unspecified atom stereocenters. The molecule has 0 aliphatic heterocycles. The van der Waals surface area contributed by atoms with E-state index in [9.17, 15) is 4.79 Å². The van der Waals surface area contributed by atoms with E-state index in [1.54, 1.807) is 24.1 Å². The highest BCUT2D eigenvalue weighted by molar-refractivity contribution is 6.42. The Labute approximate surface area is 111 Å². The fourth-order valence-corrected chi connectivity index (χ4v) is 1.82. The van der Waals surface area contributed by atoms with Crippen molar-refractivity contribution in [2.24, 2.45) is 0 Å². The number of amides is 1. The molecule has 0 fully saturated rings. The molecule has 0 atom stereocenters. The summed E-state index contributed by atoms with van der Waals surface area (Å²) in [5, 5.41) is 9.63. The van der Waals surface area contributed by atoms with Gasteiger partial charge < -0.3 is 10.0 Å². The highest BCUT2D eigenvalue weighted by atomic mass is 35.5. The van der Waals surface area contributed by atoms with Gasteiger partial charge in [0.1, 0.15) is 0 Å². The molecule has 0 bridgehead atoms. The van der Waals surface area contributed by atoms with Crippen molar-refractivity contribution >= 4 is 29.1 Å². The van der Waals surface area contributed by atoms with Gasteiger partial charge in [0.15, 0.2) is 0 Å². The van der Waals surface area contributed by atoms with Crippen LogP contribution in [0.5, 0.6) is 0 Å². The van der Waals surface area contributed by atoms with Gasteiger partial charge in [-0.1, -0.05) is 35.3 Å². The molecular weight excluding hydrogens is 261 g/mol. The van der Waals surface area contributed by atoms with Crippen molar-refractivity contribution in [3.8, 4) is 0 Å². The first-order chi connectivity index (χ1) is 8.06. The topological polar surface area (TPSA) is 40.5 Å². The van der Waals surface area contributed by atoms with Gasteiger partial charge in [-0.3, -0.25) is 4.79 Å². The van der Waals surface area contributed by atoms with E-state index in [-0.39, 0.29) is 12.5 Å². The molecule has 0 heterocycles. The summed E-state index contributed by atoms with van der Waals surface area (Å²) in [4.78, 5) is 13.2. The monoisotopic (exact) mass is 275 g/mol. The number of halogens is 2. The van der Waals surface area contributed by atoms with Gasteiger partial charge in [0.25, 0.3) is 0 Å². The Morgan fingerprint density at radius 3 is 2.76 bits per heavy atom. The second kappa shape index (κ2) is 6.84. The number of aliphatic hydroxyl groups is 1. The van der Waals surface area contributed by atoms with Crippen LogP contribution in [0.4, 0.5) is 0 Å². The number of hydrogen-bond donors (Lipinski definition) is 1. The first-order valence-corrected chi connectivity index (χ1v) is 6.09. The van der Waals surface area contributed by atoms with E-state index in [1.807, 2.05) is 6.07 Å². The van der Waals surface area contributed by atoms with E-state index in [1.165, 1.54) is 0 Å². The van der Waals surface area contributed by atoms with Crippen molar-refractivity contribution in [3.63, 3.8) is 0 Å². The van der Waals surface area contributed by atoms with Crippen LogP contribution >= 0.6 is 23.2 Å². The minimum atomic E-state index is -0.0184. The van der Waals surface area contributed by atoms with Crippen LogP contribution in [-0.4, -0.2) is 29.6 Å². The molecule has 1 aromatic rings. The Hall–Kier alpha value is -0.770. The van der Waals surface area contributed by atoms with Crippen LogP contribution in [0.3, 0.4) is 0 Å². The predicted molar refractivity (Wildman–Crippen MR) is 69.3 cm³/mol. The lowest BCUT2D eigenvalue weighted by atomic mass is 10.2. The summed E-state index contributed by atoms with van der Waals surface area (Å²) in [5.74, 6) is -0.0184. The second-order valence-electron chi connectivity index (χ2n) is 3.79. The first kappa shape index (κ1) is 14.3. The fourth-order valence-electron chi connectivity index (χ4n) is 1.44. The zero-order valence-electron chi connectivity index (χ0n) is 9.62. The Bertz CT molecular complexity index is 396. The highest BCUT2D eigenvalue weighted by Crippen LogP contribution is 2.26. The number of nitrogens with zero attached hydrogens (tertiary/aromatic N) is 1. The van der Waals surface area contributed by atoms with E-state index in [0.717, 1.165) is 5.56 Å². The van der Waals surface area contributed by atoms with E-state index in [4.69, 9.17) is 28.3 Å². The zero-order chi connectivity index (χ0) is 12.8. The number of carbonyl (C=O) groups is 1. The fraction of sp³-hybridized carbons (Fsp3) is 0.417. The van der Waals surface area contributed by atoms with E-state index >= 15 is 0 Å². The summed E-state index contributed by atoms with van der Waals surface area (Å²) in [6.07, 6.45) is 0.817. The van der Waals surface area contributed by atoms with Gasteiger partial charge in [0, 0.05) is 26.6 Å². The third-order valence-corrected chi connectivity index (χ3v) is 3.27. The molecule has 17 heavy (non-hydrogen) atoms. The molecule has 1 N–H and O–H groups in total. The Morgan fingerprint density at radius 1 is 1.41 bits per heavy atom. The minimum Gasteiger partial charge on any atom is -0.396 e. The SMILES string of the molecule is CN(Cc1cccc(Cl)c1Cl)C(=O)CCCO. The van der Waals surface area contributed by atoms with Gasteiger partial charge in [-0.2, -0.15) is 0 Å². The van der Waals surface area contributed by atoms with E-state index < -0.39 is 0 Å². The molecule has 3 nitrogen and oxygen atoms in total. The molecule has 1 rings (SSSR count). The van der Waals surface area contributed by atoms with E-state index in [2.05, 4.69) is 0 Å². The molecule has 1 aromatic carbocycles. The molecular formula is C12H15Cl2NO2. The molecule has 94 valence electrons. The quantitative estimate of drug-likeness (QED) is 0.898. The maximum Gasteiger partial charge on any atom is 0.222 e. The molecule has 0 spiro atoms. The molecule has 1 amide bonds. The zero-order valence-corrected chi connectivity index (χ0v) is 11.1. The molecule has 0 saturated carbocycles.